The molecule has 0 spiro atoms. The van der Waals surface area contributed by atoms with E-state index in [0.717, 1.165) is 18.8 Å². The maximum Gasteiger partial charge on any atom is 0.120 e. The van der Waals surface area contributed by atoms with Gasteiger partial charge in [-0.05, 0) is 0 Å². The molecule has 3 nitrogen and oxygen atoms in total. The second-order valence-corrected chi connectivity index (χ2v) is 2.08. The number of nitrogens with zero attached hydrogens (tertiary/aromatic N) is 2. The van der Waals surface area contributed by atoms with Gasteiger partial charge in [-0.1, -0.05) is 0 Å². The summed E-state index contributed by atoms with van der Waals surface area (Å²) in [7, 11) is 0. The maximum absolute atomic E-state index is 4.15. The highest BCUT2D eigenvalue weighted by atomic mass is 15.2. The molecule has 0 bridgehead atoms. The van der Waals surface area contributed by atoms with Gasteiger partial charge in [0, 0.05) is 25.4 Å². The van der Waals surface area contributed by atoms with Crippen LogP contribution in [0, 0.1) is 6.67 Å². The number of hydrogen-bond donors (Lipinski definition) is 1. The summed E-state index contributed by atoms with van der Waals surface area (Å²) in [5, 5.41) is 3.12. The van der Waals surface area contributed by atoms with Gasteiger partial charge in [-0.2, -0.15) is 0 Å². The third-order valence-corrected chi connectivity index (χ3v) is 1.47. The van der Waals surface area contributed by atoms with Gasteiger partial charge in [-0.15, -0.1) is 0 Å². The molecule has 47 valence electrons. The topological polar surface area (TPSA) is 29.9 Å². The standard InChI is InChI=1S/C6H8N3/c1-2-7-5-9-4-3-8-6(1)9/h3-5,7H,1-2H2. The Kier molecular flexibility index (Phi) is 1.02. The van der Waals surface area contributed by atoms with Crippen LogP contribution in [0.1, 0.15) is 5.82 Å². The Morgan fingerprint density at radius 3 is 3.56 bits per heavy atom. The summed E-state index contributed by atoms with van der Waals surface area (Å²) in [6.07, 6.45) is 4.80. The van der Waals surface area contributed by atoms with Crippen LogP contribution in [0.3, 0.4) is 0 Å². The van der Waals surface area contributed by atoms with Crippen LogP contribution >= 0.6 is 0 Å². The van der Waals surface area contributed by atoms with Crippen LogP contribution in [0.15, 0.2) is 12.4 Å². The van der Waals surface area contributed by atoms with Gasteiger partial charge >= 0.3 is 0 Å². The molecule has 0 unspecified atom stereocenters. The van der Waals surface area contributed by atoms with Gasteiger partial charge in [0.1, 0.15) is 12.5 Å². The maximum atomic E-state index is 4.15. The molecule has 1 aromatic rings. The normalized spacial score (nSPS) is 17.3. The van der Waals surface area contributed by atoms with Gasteiger partial charge < -0.3 is 4.57 Å². The highest BCUT2D eigenvalue weighted by Crippen LogP contribution is 2.01. The van der Waals surface area contributed by atoms with E-state index in [-0.39, 0.29) is 0 Å². The Labute approximate surface area is 53.7 Å². The Hall–Kier alpha value is -0.830. The summed E-state index contributed by atoms with van der Waals surface area (Å²) in [5.41, 5.74) is 0. The molecule has 0 amide bonds. The number of nitrogens with one attached hydrogen (secondary N) is 1. The highest BCUT2D eigenvalue weighted by molar-refractivity contribution is 5.00. The lowest BCUT2D eigenvalue weighted by molar-refractivity contribution is 0.616. The highest BCUT2D eigenvalue weighted by Gasteiger charge is 2.06. The monoisotopic (exact) mass is 122 g/mol. The van der Waals surface area contributed by atoms with Crippen LogP contribution in [-0.2, 0) is 6.42 Å². The van der Waals surface area contributed by atoms with Crippen molar-refractivity contribution in [1.29, 1.82) is 0 Å². The fourth-order valence-corrected chi connectivity index (χ4v) is 1.00. The molecule has 1 aromatic heterocycles. The lowest BCUT2D eigenvalue weighted by Crippen LogP contribution is -2.26. The third kappa shape index (κ3) is 0.733. The first-order valence-electron chi connectivity index (χ1n) is 3.05. The van der Waals surface area contributed by atoms with Crippen molar-refractivity contribution >= 4 is 0 Å². The van der Waals surface area contributed by atoms with Crippen LogP contribution < -0.4 is 5.32 Å². The molecular weight excluding hydrogens is 114 g/mol. The SMILES string of the molecule is [CH]1NCCc2nccn21. The second-order valence-electron chi connectivity index (χ2n) is 2.08. The predicted molar refractivity (Wildman–Crippen MR) is 33.6 cm³/mol. The summed E-state index contributed by atoms with van der Waals surface area (Å²) < 4.78 is 2.00. The molecular formula is C6H8N3. The van der Waals surface area contributed by atoms with E-state index in [2.05, 4.69) is 10.3 Å². The van der Waals surface area contributed by atoms with Crippen molar-refractivity contribution in [2.75, 3.05) is 6.54 Å². The minimum atomic E-state index is 1.01. The quantitative estimate of drug-likeness (QED) is 0.524. The van der Waals surface area contributed by atoms with E-state index in [9.17, 15) is 0 Å². The first-order valence-corrected chi connectivity index (χ1v) is 3.05. The fraction of sp³-hybridized carbons (Fsp3) is 0.333. The average molecular weight is 122 g/mol. The van der Waals surface area contributed by atoms with Crippen LogP contribution in [0.5, 0.6) is 0 Å². The minimum Gasteiger partial charge on any atom is -0.315 e. The first-order chi connectivity index (χ1) is 4.47. The van der Waals surface area contributed by atoms with Crippen molar-refractivity contribution in [3.63, 3.8) is 0 Å². The molecule has 0 atom stereocenters. The smallest absolute Gasteiger partial charge is 0.120 e. The van der Waals surface area contributed by atoms with Gasteiger partial charge in [-0.3, -0.25) is 5.32 Å². The number of aromatic nitrogens is 2. The predicted octanol–water partition coefficient (Wildman–Crippen LogP) is -0.00381. The molecule has 1 N–H and O–H groups in total. The first kappa shape index (κ1) is 4.99. The lowest BCUT2D eigenvalue weighted by Gasteiger charge is -2.12. The van der Waals surface area contributed by atoms with Crippen LogP contribution in [0.25, 0.3) is 0 Å². The van der Waals surface area contributed by atoms with Gasteiger partial charge in [0.25, 0.3) is 0 Å². The molecule has 0 saturated heterocycles. The largest absolute Gasteiger partial charge is 0.315 e. The van der Waals surface area contributed by atoms with Crippen LogP contribution in [0.4, 0.5) is 0 Å². The summed E-state index contributed by atoms with van der Waals surface area (Å²) in [4.78, 5) is 4.15. The zero-order chi connectivity index (χ0) is 6.10. The summed E-state index contributed by atoms with van der Waals surface area (Å²) in [6, 6.07) is 0. The molecule has 2 heterocycles. The van der Waals surface area contributed by atoms with Crippen molar-refractivity contribution < 1.29 is 0 Å². The second kappa shape index (κ2) is 1.84. The van der Waals surface area contributed by atoms with Crippen LogP contribution in [-0.4, -0.2) is 16.1 Å². The zero-order valence-corrected chi connectivity index (χ0v) is 5.04. The van der Waals surface area contributed by atoms with Crippen molar-refractivity contribution in [3.05, 3.63) is 24.9 Å². The number of hydrogen-bond acceptors (Lipinski definition) is 2. The molecule has 1 radical (unpaired) electrons. The van der Waals surface area contributed by atoms with E-state index < -0.39 is 0 Å². The zero-order valence-electron chi connectivity index (χ0n) is 5.04. The van der Waals surface area contributed by atoms with E-state index in [1.54, 1.807) is 0 Å². The molecule has 0 saturated carbocycles. The lowest BCUT2D eigenvalue weighted by atomic mass is 10.3. The average Bonchev–Trinajstić information content (AvgIpc) is 2.33. The van der Waals surface area contributed by atoms with Crippen molar-refractivity contribution in [2.24, 2.45) is 0 Å². The third-order valence-electron chi connectivity index (χ3n) is 1.47. The molecule has 9 heavy (non-hydrogen) atoms. The number of fused-ring (bicyclic) bond motifs is 1. The van der Waals surface area contributed by atoms with Crippen LogP contribution in [0.2, 0.25) is 0 Å². The van der Waals surface area contributed by atoms with Gasteiger partial charge in [0.2, 0.25) is 0 Å². The van der Waals surface area contributed by atoms with Gasteiger partial charge in [-0.25, -0.2) is 4.98 Å². The Morgan fingerprint density at radius 1 is 1.67 bits per heavy atom. The van der Waals surface area contributed by atoms with E-state index >= 15 is 0 Å². The van der Waals surface area contributed by atoms with E-state index in [1.807, 2.05) is 23.6 Å². The van der Waals surface area contributed by atoms with Crippen molar-refractivity contribution in [3.8, 4) is 0 Å². The van der Waals surface area contributed by atoms with Gasteiger partial charge in [0.15, 0.2) is 0 Å². The molecule has 0 fully saturated rings. The Morgan fingerprint density at radius 2 is 2.67 bits per heavy atom. The molecule has 3 heteroatoms. The number of rotatable bonds is 0. The number of imidazole rings is 1. The Balaban J connectivity index is 2.39. The van der Waals surface area contributed by atoms with Crippen molar-refractivity contribution in [1.82, 2.24) is 14.9 Å². The van der Waals surface area contributed by atoms with Gasteiger partial charge in [0.05, 0.1) is 0 Å². The van der Waals surface area contributed by atoms with E-state index in [1.165, 1.54) is 0 Å². The molecule has 1 aliphatic heterocycles. The Bertz CT molecular complexity index is 183. The molecule has 0 aliphatic carbocycles. The summed E-state index contributed by atoms with van der Waals surface area (Å²) in [6.45, 7) is 2.95. The summed E-state index contributed by atoms with van der Waals surface area (Å²) in [5.74, 6) is 1.15. The molecule has 0 aromatic carbocycles. The molecule has 1 aliphatic rings. The minimum absolute atomic E-state index is 1.01. The van der Waals surface area contributed by atoms with E-state index in [4.69, 9.17) is 0 Å². The van der Waals surface area contributed by atoms with E-state index in [0.29, 0.717) is 0 Å². The fourth-order valence-electron chi connectivity index (χ4n) is 1.00. The van der Waals surface area contributed by atoms with Crippen molar-refractivity contribution in [2.45, 2.75) is 6.42 Å². The summed E-state index contributed by atoms with van der Waals surface area (Å²) >= 11 is 0. The molecule has 2 rings (SSSR count).